The first kappa shape index (κ1) is 21.3. The molecular weight excluding hydrogens is 378 g/mol. The van der Waals surface area contributed by atoms with E-state index in [0.717, 1.165) is 17.9 Å². The summed E-state index contributed by atoms with van der Waals surface area (Å²) in [5.41, 5.74) is 0.832. The van der Waals surface area contributed by atoms with Gasteiger partial charge in [-0.3, -0.25) is 4.99 Å². The van der Waals surface area contributed by atoms with Crippen LogP contribution in [0, 0.1) is 0 Å². The van der Waals surface area contributed by atoms with Gasteiger partial charge in [0, 0.05) is 30.8 Å². The van der Waals surface area contributed by atoms with Crippen LogP contribution in [0.5, 0.6) is 0 Å². The smallest absolute Gasteiger partial charge is 0.191 e. The van der Waals surface area contributed by atoms with E-state index >= 15 is 0 Å². The Balaban J connectivity index is 1.61. The molecular formula is C20H27N3O2S2. The summed E-state index contributed by atoms with van der Waals surface area (Å²) in [5.74, 6) is 1.88. The fraction of sp³-hybridized carbons (Fsp3) is 0.350. The van der Waals surface area contributed by atoms with Crippen LogP contribution in [0.1, 0.15) is 12.0 Å². The van der Waals surface area contributed by atoms with Gasteiger partial charge < -0.3 is 10.6 Å². The van der Waals surface area contributed by atoms with Crippen molar-refractivity contribution < 1.29 is 8.42 Å². The molecule has 0 aliphatic carbocycles. The highest BCUT2D eigenvalue weighted by Gasteiger charge is 2.11. The van der Waals surface area contributed by atoms with Crippen molar-refractivity contribution in [1.82, 2.24) is 10.6 Å². The van der Waals surface area contributed by atoms with E-state index in [1.54, 1.807) is 18.8 Å². The first-order valence-electron chi connectivity index (χ1n) is 8.96. The molecule has 2 rings (SSSR count). The number of hydrogen-bond donors (Lipinski definition) is 2. The van der Waals surface area contributed by atoms with E-state index in [0.29, 0.717) is 18.9 Å². The highest BCUT2D eigenvalue weighted by Crippen LogP contribution is 2.15. The minimum Gasteiger partial charge on any atom is -0.356 e. The molecule has 0 spiro atoms. The minimum absolute atomic E-state index is 0.0948. The summed E-state index contributed by atoms with van der Waals surface area (Å²) in [5, 5.41) is 6.42. The largest absolute Gasteiger partial charge is 0.356 e. The molecule has 0 aliphatic heterocycles. The second kappa shape index (κ2) is 11.7. The van der Waals surface area contributed by atoms with Crippen molar-refractivity contribution >= 4 is 27.6 Å². The Morgan fingerprint density at radius 3 is 2.26 bits per heavy atom. The van der Waals surface area contributed by atoms with Gasteiger partial charge in [0.15, 0.2) is 15.8 Å². The molecule has 2 aromatic rings. The molecule has 0 atom stereocenters. The summed E-state index contributed by atoms with van der Waals surface area (Å²) in [4.78, 5) is 5.41. The molecule has 0 radical (unpaired) electrons. The minimum atomic E-state index is -3.09. The standard InChI is InChI=1S/C20H27N3O2S2/c1-21-20(23-14-15-26-19-11-6-3-7-12-19)22-13-8-16-27(24,25)17-18-9-4-2-5-10-18/h2-7,9-12H,8,13-17H2,1H3,(H2,21,22,23). The van der Waals surface area contributed by atoms with Crippen LogP contribution in [-0.2, 0) is 15.6 Å². The Morgan fingerprint density at radius 2 is 1.59 bits per heavy atom. The predicted octanol–water partition coefficient (Wildman–Crippen LogP) is 2.95. The van der Waals surface area contributed by atoms with Crippen LogP contribution in [-0.4, -0.2) is 46.0 Å². The molecule has 0 bridgehead atoms. The van der Waals surface area contributed by atoms with Crippen molar-refractivity contribution in [3.8, 4) is 0 Å². The quantitative estimate of drug-likeness (QED) is 0.275. The highest BCUT2D eigenvalue weighted by atomic mass is 32.2. The Bertz CT molecular complexity index is 794. The monoisotopic (exact) mass is 405 g/mol. The van der Waals surface area contributed by atoms with Gasteiger partial charge in [-0.1, -0.05) is 48.5 Å². The summed E-state index contributed by atoms with van der Waals surface area (Å²) in [6.45, 7) is 1.35. The van der Waals surface area contributed by atoms with Crippen molar-refractivity contribution in [2.24, 2.45) is 4.99 Å². The summed E-state index contributed by atoms with van der Waals surface area (Å²) in [6.07, 6.45) is 0.550. The number of hydrogen-bond acceptors (Lipinski definition) is 4. The van der Waals surface area contributed by atoms with Gasteiger partial charge in [0.05, 0.1) is 11.5 Å². The van der Waals surface area contributed by atoms with Crippen molar-refractivity contribution in [2.75, 3.05) is 31.6 Å². The van der Waals surface area contributed by atoms with E-state index in [1.807, 2.05) is 48.5 Å². The van der Waals surface area contributed by atoms with Gasteiger partial charge in [-0.25, -0.2) is 8.42 Å². The Morgan fingerprint density at radius 1 is 0.963 bits per heavy atom. The maximum atomic E-state index is 12.2. The average Bonchev–Trinajstić information content (AvgIpc) is 2.68. The zero-order chi connectivity index (χ0) is 19.4. The number of sulfone groups is 1. The molecule has 0 unspecified atom stereocenters. The van der Waals surface area contributed by atoms with E-state index in [2.05, 4.69) is 27.8 Å². The third kappa shape index (κ3) is 8.97. The third-order valence-corrected chi connectivity index (χ3v) is 6.48. The van der Waals surface area contributed by atoms with Gasteiger partial charge in [-0.15, -0.1) is 11.8 Å². The lowest BCUT2D eigenvalue weighted by Crippen LogP contribution is -2.39. The van der Waals surface area contributed by atoms with Gasteiger partial charge in [0.2, 0.25) is 0 Å². The van der Waals surface area contributed by atoms with Gasteiger partial charge in [0.1, 0.15) is 0 Å². The maximum Gasteiger partial charge on any atom is 0.191 e. The average molecular weight is 406 g/mol. The fourth-order valence-electron chi connectivity index (χ4n) is 2.47. The van der Waals surface area contributed by atoms with Crippen LogP contribution in [0.2, 0.25) is 0 Å². The molecule has 0 aromatic heterocycles. The van der Waals surface area contributed by atoms with E-state index in [1.165, 1.54) is 4.90 Å². The fourth-order valence-corrected chi connectivity index (χ4v) is 4.69. The van der Waals surface area contributed by atoms with Crippen molar-refractivity contribution in [3.05, 3.63) is 66.2 Å². The number of nitrogens with one attached hydrogen (secondary N) is 2. The van der Waals surface area contributed by atoms with Gasteiger partial charge >= 0.3 is 0 Å². The van der Waals surface area contributed by atoms with Crippen molar-refractivity contribution in [3.63, 3.8) is 0 Å². The Kier molecular flexibility index (Phi) is 9.21. The van der Waals surface area contributed by atoms with Gasteiger partial charge in [0.25, 0.3) is 0 Å². The lowest BCUT2D eigenvalue weighted by atomic mass is 10.2. The van der Waals surface area contributed by atoms with Gasteiger partial charge in [-0.05, 0) is 24.1 Å². The van der Waals surface area contributed by atoms with Gasteiger partial charge in [-0.2, -0.15) is 0 Å². The molecule has 0 heterocycles. The van der Waals surface area contributed by atoms with Crippen LogP contribution >= 0.6 is 11.8 Å². The number of nitrogens with zero attached hydrogens (tertiary/aromatic N) is 1. The van der Waals surface area contributed by atoms with Crippen LogP contribution in [0.25, 0.3) is 0 Å². The van der Waals surface area contributed by atoms with E-state index in [4.69, 9.17) is 0 Å². The summed E-state index contributed by atoms with van der Waals surface area (Å²) in [7, 11) is -1.38. The molecule has 0 aliphatic rings. The zero-order valence-corrected chi connectivity index (χ0v) is 17.2. The molecule has 0 fully saturated rings. The predicted molar refractivity (Wildman–Crippen MR) is 115 cm³/mol. The number of guanidine groups is 1. The Hall–Kier alpha value is -1.99. The lowest BCUT2D eigenvalue weighted by molar-refractivity contribution is 0.591. The van der Waals surface area contributed by atoms with E-state index in [9.17, 15) is 8.42 Å². The van der Waals surface area contributed by atoms with Crippen LogP contribution in [0.15, 0.2) is 70.6 Å². The Labute approximate surface area is 166 Å². The third-order valence-electron chi connectivity index (χ3n) is 3.78. The van der Waals surface area contributed by atoms with E-state index in [-0.39, 0.29) is 11.5 Å². The summed E-state index contributed by atoms with van der Waals surface area (Å²) in [6, 6.07) is 19.5. The molecule has 0 saturated heterocycles. The van der Waals surface area contributed by atoms with Crippen molar-refractivity contribution in [1.29, 1.82) is 0 Å². The van der Waals surface area contributed by atoms with Crippen molar-refractivity contribution in [2.45, 2.75) is 17.1 Å². The molecule has 27 heavy (non-hydrogen) atoms. The second-order valence-electron chi connectivity index (χ2n) is 6.02. The molecule has 5 nitrogen and oxygen atoms in total. The molecule has 2 aromatic carbocycles. The number of benzene rings is 2. The molecule has 0 saturated carbocycles. The SMILES string of the molecule is CN=C(NCCCS(=O)(=O)Cc1ccccc1)NCCSc1ccccc1. The first-order valence-corrected chi connectivity index (χ1v) is 11.8. The highest BCUT2D eigenvalue weighted by molar-refractivity contribution is 7.99. The van der Waals surface area contributed by atoms with Crippen LogP contribution in [0.3, 0.4) is 0 Å². The first-order chi connectivity index (χ1) is 13.1. The zero-order valence-electron chi connectivity index (χ0n) is 15.6. The summed E-state index contributed by atoms with van der Waals surface area (Å²) >= 11 is 1.78. The maximum absolute atomic E-state index is 12.2. The molecule has 2 N–H and O–H groups in total. The molecule has 0 amide bonds. The van der Waals surface area contributed by atoms with Crippen LogP contribution < -0.4 is 10.6 Å². The van der Waals surface area contributed by atoms with E-state index < -0.39 is 9.84 Å². The number of aliphatic imine (C=N–C) groups is 1. The molecule has 7 heteroatoms. The molecule has 146 valence electrons. The number of thioether (sulfide) groups is 1. The summed E-state index contributed by atoms with van der Waals surface area (Å²) < 4.78 is 24.4. The number of rotatable bonds is 10. The lowest BCUT2D eigenvalue weighted by Gasteiger charge is -2.12. The van der Waals surface area contributed by atoms with Crippen LogP contribution in [0.4, 0.5) is 0 Å². The second-order valence-corrected chi connectivity index (χ2v) is 9.37. The topological polar surface area (TPSA) is 70.6 Å². The normalized spacial score (nSPS) is 12.0.